The Hall–Kier alpha value is -1.55. The van der Waals surface area contributed by atoms with Gasteiger partial charge in [-0.2, -0.15) is 0 Å². The molecular weight excluding hydrogens is 264 g/mol. The second kappa shape index (κ2) is 7.46. The highest BCUT2D eigenvalue weighted by molar-refractivity contribution is 5.67. The fraction of sp³-hybridized carbons (Fsp3) is 0.588. The van der Waals surface area contributed by atoms with Crippen molar-refractivity contribution in [1.82, 2.24) is 4.90 Å². The largest absolute Gasteiger partial charge is 0.481 e. The van der Waals surface area contributed by atoms with Crippen LogP contribution in [0.25, 0.3) is 0 Å². The normalized spacial score (nSPS) is 15.3. The van der Waals surface area contributed by atoms with Crippen LogP contribution in [-0.2, 0) is 4.79 Å². The van der Waals surface area contributed by atoms with Crippen molar-refractivity contribution in [3.63, 3.8) is 0 Å². The maximum Gasteiger partial charge on any atom is 0.305 e. The van der Waals surface area contributed by atoms with Gasteiger partial charge in [-0.3, -0.25) is 4.79 Å². The molecule has 0 spiro atoms. The van der Waals surface area contributed by atoms with Gasteiger partial charge in [0.25, 0.3) is 0 Å². The molecule has 1 aliphatic heterocycles. The van der Waals surface area contributed by atoms with Gasteiger partial charge in [0.2, 0.25) is 0 Å². The minimum Gasteiger partial charge on any atom is -0.481 e. The molecule has 0 radical (unpaired) electrons. The number of hydrogen-bond donors (Lipinski definition) is 1. The van der Waals surface area contributed by atoms with Crippen LogP contribution in [0.3, 0.4) is 0 Å². The van der Waals surface area contributed by atoms with Gasteiger partial charge < -0.3 is 14.9 Å². The van der Waals surface area contributed by atoms with Crippen LogP contribution in [0.5, 0.6) is 0 Å². The summed E-state index contributed by atoms with van der Waals surface area (Å²) in [5, 5.41) is 8.95. The molecule has 1 aromatic carbocycles. The van der Waals surface area contributed by atoms with E-state index < -0.39 is 5.97 Å². The van der Waals surface area contributed by atoms with Gasteiger partial charge in [0.1, 0.15) is 0 Å². The Labute approximate surface area is 127 Å². The minimum absolute atomic E-state index is 0.187. The highest BCUT2D eigenvalue weighted by atomic mass is 16.4. The maximum atomic E-state index is 10.9. The quantitative estimate of drug-likeness (QED) is 0.838. The van der Waals surface area contributed by atoms with Gasteiger partial charge in [0.05, 0.1) is 6.42 Å². The first kappa shape index (κ1) is 15.8. The van der Waals surface area contributed by atoms with Gasteiger partial charge in [0.15, 0.2) is 0 Å². The minimum atomic E-state index is -0.731. The molecule has 21 heavy (non-hydrogen) atoms. The molecule has 1 heterocycles. The summed E-state index contributed by atoms with van der Waals surface area (Å²) in [6.07, 6.45) is 2.77. The topological polar surface area (TPSA) is 43.8 Å². The van der Waals surface area contributed by atoms with Gasteiger partial charge in [-0.05, 0) is 63.0 Å². The average molecular weight is 290 g/mol. The molecule has 1 fully saturated rings. The molecule has 2 rings (SSSR count). The van der Waals surface area contributed by atoms with Crippen LogP contribution in [0.4, 0.5) is 5.69 Å². The van der Waals surface area contributed by atoms with E-state index in [-0.39, 0.29) is 6.42 Å². The predicted molar refractivity (Wildman–Crippen MR) is 86.1 cm³/mol. The second-order valence-electron chi connectivity index (χ2n) is 5.95. The first-order chi connectivity index (χ1) is 10.1. The first-order valence-electron chi connectivity index (χ1n) is 7.82. The number of carboxylic acid groups (broad SMARTS) is 1. The summed E-state index contributed by atoms with van der Waals surface area (Å²) in [5.74, 6) is -0.731. The van der Waals surface area contributed by atoms with Crippen molar-refractivity contribution in [1.29, 1.82) is 0 Å². The van der Waals surface area contributed by atoms with Crippen LogP contribution < -0.4 is 4.90 Å². The molecule has 1 aliphatic rings. The number of likely N-dealkylation sites (tertiary alicyclic amines) is 1. The van der Waals surface area contributed by atoms with E-state index >= 15 is 0 Å². The highest BCUT2D eigenvalue weighted by Gasteiger charge is 2.14. The van der Waals surface area contributed by atoms with E-state index in [4.69, 9.17) is 5.11 Å². The molecule has 4 heteroatoms. The number of anilines is 1. The van der Waals surface area contributed by atoms with Crippen molar-refractivity contribution in [3.8, 4) is 0 Å². The van der Waals surface area contributed by atoms with E-state index in [9.17, 15) is 4.79 Å². The van der Waals surface area contributed by atoms with Crippen LogP contribution in [0, 0.1) is 13.8 Å². The zero-order chi connectivity index (χ0) is 15.2. The van der Waals surface area contributed by atoms with Crippen LogP contribution in [0.1, 0.15) is 30.4 Å². The molecule has 0 saturated carbocycles. The smallest absolute Gasteiger partial charge is 0.305 e. The highest BCUT2D eigenvalue weighted by Crippen LogP contribution is 2.19. The Bertz CT molecular complexity index is 482. The molecule has 0 aromatic heterocycles. The fourth-order valence-corrected chi connectivity index (χ4v) is 2.79. The molecule has 0 unspecified atom stereocenters. The van der Waals surface area contributed by atoms with Gasteiger partial charge in [-0.15, -0.1) is 0 Å². The second-order valence-corrected chi connectivity index (χ2v) is 5.95. The summed E-state index contributed by atoms with van der Waals surface area (Å²) in [4.78, 5) is 15.6. The lowest BCUT2D eigenvalue weighted by Crippen LogP contribution is -2.35. The summed E-state index contributed by atoms with van der Waals surface area (Å²) < 4.78 is 0. The number of benzene rings is 1. The molecule has 1 saturated heterocycles. The Morgan fingerprint density at radius 3 is 2.52 bits per heavy atom. The summed E-state index contributed by atoms with van der Waals surface area (Å²) in [6.45, 7) is 9.06. The van der Waals surface area contributed by atoms with Gasteiger partial charge in [-0.25, -0.2) is 0 Å². The van der Waals surface area contributed by atoms with Crippen molar-refractivity contribution in [2.75, 3.05) is 37.6 Å². The van der Waals surface area contributed by atoms with Gasteiger partial charge >= 0.3 is 5.97 Å². The molecule has 0 bridgehead atoms. The zero-order valence-corrected chi connectivity index (χ0v) is 13.1. The SMILES string of the molecule is Cc1ccc(N(CCC(=O)O)CCN2CCCC2)cc1C. The maximum absolute atomic E-state index is 10.9. The average Bonchev–Trinajstić information content (AvgIpc) is 2.95. The van der Waals surface area contributed by atoms with Gasteiger partial charge in [-0.1, -0.05) is 6.07 Å². The fourth-order valence-electron chi connectivity index (χ4n) is 2.79. The Morgan fingerprint density at radius 2 is 1.90 bits per heavy atom. The van der Waals surface area contributed by atoms with E-state index in [1.807, 2.05) is 0 Å². The predicted octanol–water partition coefficient (Wildman–Crippen LogP) is 2.68. The first-order valence-corrected chi connectivity index (χ1v) is 7.82. The van der Waals surface area contributed by atoms with Crippen molar-refractivity contribution < 1.29 is 9.90 Å². The molecule has 0 aliphatic carbocycles. The lowest BCUT2D eigenvalue weighted by molar-refractivity contribution is -0.136. The van der Waals surface area contributed by atoms with Crippen molar-refractivity contribution in [3.05, 3.63) is 29.3 Å². The lowest BCUT2D eigenvalue weighted by Gasteiger charge is -2.27. The lowest BCUT2D eigenvalue weighted by atomic mass is 10.1. The number of carbonyl (C=O) groups is 1. The summed E-state index contributed by atoms with van der Waals surface area (Å²) in [6, 6.07) is 6.39. The third-order valence-electron chi connectivity index (χ3n) is 4.34. The van der Waals surface area contributed by atoms with Gasteiger partial charge in [0, 0.05) is 25.3 Å². The van der Waals surface area contributed by atoms with Crippen molar-refractivity contribution in [2.24, 2.45) is 0 Å². The molecule has 1 N–H and O–H groups in total. The Morgan fingerprint density at radius 1 is 1.19 bits per heavy atom. The number of nitrogens with zero attached hydrogens (tertiary/aromatic N) is 2. The van der Waals surface area contributed by atoms with E-state index in [0.717, 1.165) is 18.8 Å². The number of rotatable bonds is 7. The van der Waals surface area contributed by atoms with Crippen LogP contribution in [-0.4, -0.2) is 48.7 Å². The number of carboxylic acids is 1. The van der Waals surface area contributed by atoms with E-state index in [2.05, 4.69) is 41.8 Å². The Kier molecular flexibility index (Phi) is 5.62. The summed E-state index contributed by atoms with van der Waals surface area (Å²) in [5.41, 5.74) is 3.67. The molecule has 116 valence electrons. The zero-order valence-electron chi connectivity index (χ0n) is 13.1. The van der Waals surface area contributed by atoms with Crippen molar-refractivity contribution in [2.45, 2.75) is 33.1 Å². The third-order valence-corrected chi connectivity index (χ3v) is 4.34. The number of hydrogen-bond acceptors (Lipinski definition) is 3. The molecule has 0 amide bonds. The van der Waals surface area contributed by atoms with E-state index in [1.54, 1.807) is 0 Å². The van der Waals surface area contributed by atoms with E-state index in [1.165, 1.54) is 37.1 Å². The van der Waals surface area contributed by atoms with Crippen LogP contribution in [0.15, 0.2) is 18.2 Å². The molecule has 0 atom stereocenters. The number of aliphatic carboxylic acids is 1. The van der Waals surface area contributed by atoms with Crippen LogP contribution in [0.2, 0.25) is 0 Å². The third kappa shape index (κ3) is 4.74. The van der Waals surface area contributed by atoms with Crippen molar-refractivity contribution >= 4 is 11.7 Å². The molecule has 4 nitrogen and oxygen atoms in total. The number of aryl methyl sites for hydroxylation is 2. The monoisotopic (exact) mass is 290 g/mol. The Balaban J connectivity index is 2.02. The van der Waals surface area contributed by atoms with E-state index in [0.29, 0.717) is 6.54 Å². The van der Waals surface area contributed by atoms with Crippen LogP contribution >= 0.6 is 0 Å². The molecule has 1 aromatic rings. The summed E-state index contributed by atoms with van der Waals surface area (Å²) >= 11 is 0. The summed E-state index contributed by atoms with van der Waals surface area (Å²) in [7, 11) is 0. The standard InChI is InChI=1S/C17H26N2O2/c1-14-5-6-16(13-15(14)2)19(10-7-17(20)21)12-11-18-8-3-4-9-18/h5-6,13H,3-4,7-12H2,1-2H3,(H,20,21). The molecular formula is C17H26N2O2.